The Morgan fingerprint density at radius 1 is 0.304 bits per heavy atom. The van der Waals surface area contributed by atoms with Gasteiger partial charge in [-0.05, 0) is 85.8 Å². The van der Waals surface area contributed by atoms with Crippen molar-refractivity contribution in [2.45, 2.75) is 0 Å². The zero-order valence-corrected chi connectivity index (χ0v) is 30.6. The Kier molecular flexibility index (Phi) is 7.53. The summed E-state index contributed by atoms with van der Waals surface area (Å²) in [6.45, 7) is 0. The summed E-state index contributed by atoms with van der Waals surface area (Å²) in [6.07, 6.45) is 0. The minimum atomic E-state index is 0.888. The minimum absolute atomic E-state index is 0.888. The van der Waals surface area contributed by atoms with E-state index in [-0.39, 0.29) is 0 Å². The lowest BCUT2D eigenvalue weighted by molar-refractivity contribution is 0.672. The molecule has 0 bridgehead atoms. The van der Waals surface area contributed by atoms with E-state index in [1.807, 2.05) is 6.07 Å². The fourth-order valence-corrected chi connectivity index (χ4v) is 8.71. The Morgan fingerprint density at radius 3 is 1.71 bits per heavy atom. The van der Waals surface area contributed by atoms with Crippen molar-refractivity contribution < 1.29 is 4.42 Å². The molecule has 262 valence electrons. The molecule has 0 aliphatic heterocycles. The predicted molar refractivity (Wildman–Crippen MR) is 237 cm³/mol. The molecule has 0 unspecified atom stereocenters. The maximum Gasteiger partial charge on any atom is 0.143 e. The monoisotopic (exact) mass is 713 g/mol. The summed E-state index contributed by atoms with van der Waals surface area (Å²) in [5.41, 5.74) is 12.2. The first kappa shape index (κ1) is 32.0. The predicted octanol–water partition coefficient (Wildman–Crippen LogP) is 15.5. The van der Waals surface area contributed by atoms with E-state index >= 15 is 0 Å². The zero-order chi connectivity index (χ0) is 37.0. The molecule has 0 N–H and O–H groups in total. The lowest BCUT2D eigenvalue weighted by atomic mass is 9.91. The van der Waals surface area contributed by atoms with Crippen LogP contribution in [0.15, 0.2) is 217 Å². The fourth-order valence-electron chi connectivity index (χ4n) is 8.71. The average molecular weight is 714 g/mol. The van der Waals surface area contributed by atoms with Crippen LogP contribution in [0, 0.1) is 0 Å². The summed E-state index contributed by atoms with van der Waals surface area (Å²) >= 11 is 0. The standard InChI is InChI=1S/C54H35NO/c1-2-17-36(18-3-1)40-22-6-7-23-41(40)37-20-16-21-39(33-37)55(52-35-50-47-29-13-15-32-53(47)56-54(50)48-30-11-10-27-45(48)52)51-31-14-12-28-46(51)49-34-38-19-4-5-24-42(38)43-25-8-9-26-44(43)49/h1-35H. The van der Waals surface area contributed by atoms with Gasteiger partial charge in [-0.15, -0.1) is 0 Å². The molecule has 0 atom stereocenters. The molecular weight excluding hydrogens is 679 g/mol. The first-order valence-electron chi connectivity index (χ1n) is 19.2. The van der Waals surface area contributed by atoms with Crippen molar-refractivity contribution >= 4 is 71.3 Å². The summed E-state index contributed by atoms with van der Waals surface area (Å²) in [7, 11) is 0. The largest absolute Gasteiger partial charge is 0.455 e. The summed E-state index contributed by atoms with van der Waals surface area (Å²) in [5, 5.41) is 9.36. The van der Waals surface area contributed by atoms with Crippen LogP contribution in [0.25, 0.3) is 87.6 Å². The molecule has 0 aliphatic rings. The third kappa shape index (κ3) is 5.19. The van der Waals surface area contributed by atoms with Crippen LogP contribution in [0.1, 0.15) is 0 Å². The number of rotatable bonds is 6. The number of hydrogen-bond acceptors (Lipinski definition) is 2. The van der Waals surface area contributed by atoms with E-state index in [0.29, 0.717) is 0 Å². The number of hydrogen-bond donors (Lipinski definition) is 0. The van der Waals surface area contributed by atoms with Gasteiger partial charge in [0.25, 0.3) is 0 Å². The van der Waals surface area contributed by atoms with E-state index in [1.165, 1.54) is 43.8 Å². The Labute approximate surface area is 325 Å². The van der Waals surface area contributed by atoms with Gasteiger partial charge in [-0.3, -0.25) is 0 Å². The van der Waals surface area contributed by atoms with Crippen LogP contribution >= 0.6 is 0 Å². The molecule has 0 fully saturated rings. The van der Waals surface area contributed by atoms with E-state index in [4.69, 9.17) is 4.42 Å². The summed E-state index contributed by atoms with van der Waals surface area (Å²) in [5.74, 6) is 0. The van der Waals surface area contributed by atoms with Gasteiger partial charge < -0.3 is 9.32 Å². The molecule has 1 heterocycles. The molecule has 2 heteroatoms. The molecule has 1 aromatic heterocycles. The molecule has 11 aromatic rings. The van der Waals surface area contributed by atoms with E-state index in [2.05, 4.69) is 211 Å². The summed E-state index contributed by atoms with van der Waals surface area (Å²) in [4.78, 5) is 2.47. The highest BCUT2D eigenvalue weighted by molar-refractivity contribution is 6.20. The van der Waals surface area contributed by atoms with Crippen molar-refractivity contribution in [3.05, 3.63) is 212 Å². The molecule has 0 saturated carbocycles. The number of para-hydroxylation sites is 2. The lowest BCUT2D eigenvalue weighted by Crippen LogP contribution is -2.12. The highest BCUT2D eigenvalue weighted by atomic mass is 16.3. The molecule has 11 rings (SSSR count). The van der Waals surface area contributed by atoms with Gasteiger partial charge in [0.1, 0.15) is 11.2 Å². The maximum absolute atomic E-state index is 6.61. The maximum atomic E-state index is 6.61. The molecular formula is C54H35NO. The second-order valence-electron chi connectivity index (χ2n) is 14.4. The van der Waals surface area contributed by atoms with Gasteiger partial charge >= 0.3 is 0 Å². The number of fused-ring (bicyclic) bond motifs is 8. The van der Waals surface area contributed by atoms with Crippen molar-refractivity contribution in [1.29, 1.82) is 0 Å². The topological polar surface area (TPSA) is 16.4 Å². The fraction of sp³-hybridized carbons (Fsp3) is 0. The zero-order valence-electron chi connectivity index (χ0n) is 30.6. The Morgan fingerprint density at radius 2 is 0.893 bits per heavy atom. The van der Waals surface area contributed by atoms with Crippen LogP contribution in [0.4, 0.5) is 17.1 Å². The molecule has 0 aliphatic carbocycles. The van der Waals surface area contributed by atoms with E-state index in [9.17, 15) is 0 Å². The van der Waals surface area contributed by atoms with Crippen LogP contribution < -0.4 is 4.90 Å². The first-order valence-corrected chi connectivity index (χ1v) is 19.2. The second kappa shape index (κ2) is 13.2. The quantitative estimate of drug-likeness (QED) is 0.160. The van der Waals surface area contributed by atoms with E-state index in [0.717, 1.165) is 60.9 Å². The van der Waals surface area contributed by atoms with Gasteiger partial charge in [-0.2, -0.15) is 0 Å². The summed E-state index contributed by atoms with van der Waals surface area (Å²) < 4.78 is 6.61. The van der Waals surface area contributed by atoms with E-state index < -0.39 is 0 Å². The van der Waals surface area contributed by atoms with Crippen LogP contribution in [0.3, 0.4) is 0 Å². The average Bonchev–Trinajstić information content (AvgIpc) is 3.66. The number of benzene rings is 10. The number of nitrogens with zero attached hydrogens (tertiary/aromatic N) is 1. The Bertz CT molecular complexity index is 3270. The smallest absolute Gasteiger partial charge is 0.143 e. The SMILES string of the molecule is c1ccc(-c2ccccc2-c2cccc(N(c3ccccc3-c3cc4ccccc4c4ccccc34)c3cc4c5ccccc5oc4c4ccccc34)c2)cc1. The minimum Gasteiger partial charge on any atom is -0.455 e. The van der Waals surface area contributed by atoms with Gasteiger partial charge in [-0.1, -0.05) is 176 Å². The molecule has 0 radical (unpaired) electrons. The van der Waals surface area contributed by atoms with Crippen molar-refractivity contribution in [1.82, 2.24) is 0 Å². The van der Waals surface area contributed by atoms with Crippen LogP contribution in [0.2, 0.25) is 0 Å². The molecule has 0 amide bonds. The molecule has 0 spiro atoms. The molecule has 10 aromatic carbocycles. The lowest BCUT2D eigenvalue weighted by Gasteiger charge is -2.30. The van der Waals surface area contributed by atoms with Gasteiger partial charge in [0.2, 0.25) is 0 Å². The van der Waals surface area contributed by atoms with Crippen molar-refractivity contribution in [3.8, 4) is 33.4 Å². The normalized spacial score (nSPS) is 11.6. The van der Waals surface area contributed by atoms with Crippen molar-refractivity contribution in [3.63, 3.8) is 0 Å². The Hall–Kier alpha value is -7.42. The third-order valence-electron chi connectivity index (χ3n) is 11.2. The highest BCUT2D eigenvalue weighted by Gasteiger charge is 2.24. The summed E-state index contributed by atoms with van der Waals surface area (Å²) in [6, 6.07) is 76.6. The van der Waals surface area contributed by atoms with Crippen molar-refractivity contribution in [2.24, 2.45) is 0 Å². The van der Waals surface area contributed by atoms with Crippen molar-refractivity contribution in [2.75, 3.05) is 4.90 Å². The van der Waals surface area contributed by atoms with Gasteiger partial charge in [-0.25, -0.2) is 0 Å². The Balaban J connectivity index is 1.23. The second-order valence-corrected chi connectivity index (χ2v) is 14.4. The van der Waals surface area contributed by atoms with Gasteiger partial charge in [0.05, 0.1) is 11.4 Å². The highest BCUT2D eigenvalue weighted by Crippen LogP contribution is 2.49. The number of furan rings is 1. The van der Waals surface area contributed by atoms with Crippen LogP contribution in [-0.2, 0) is 0 Å². The first-order chi connectivity index (χ1) is 27.8. The van der Waals surface area contributed by atoms with Gasteiger partial charge in [0.15, 0.2) is 0 Å². The molecule has 2 nitrogen and oxygen atoms in total. The number of anilines is 3. The molecule has 0 saturated heterocycles. The van der Waals surface area contributed by atoms with Crippen LogP contribution in [0.5, 0.6) is 0 Å². The molecule has 56 heavy (non-hydrogen) atoms. The van der Waals surface area contributed by atoms with Crippen LogP contribution in [-0.4, -0.2) is 0 Å². The van der Waals surface area contributed by atoms with E-state index in [1.54, 1.807) is 0 Å². The van der Waals surface area contributed by atoms with Gasteiger partial charge in [0, 0.05) is 32.8 Å². The third-order valence-corrected chi connectivity index (χ3v) is 11.2.